The molecule has 2 unspecified atom stereocenters. The van der Waals surface area contributed by atoms with Crippen LogP contribution in [0.25, 0.3) is 0 Å². The van der Waals surface area contributed by atoms with E-state index >= 15 is 0 Å². The molecular weight excluding hydrogens is 262 g/mol. The molecule has 0 saturated heterocycles. The molecule has 1 aromatic heterocycles. The Bertz CT molecular complexity index is 506. The minimum absolute atomic E-state index is 0.416. The first-order valence-electron chi connectivity index (χ1n) is 5.04. The van der Waals surface area contributed by atoms with E-state index in [1.807, 2.05) is 19.1 Å². The van der Waals surface area contributed by atoms with Crippen LogP contribution in [0.4, 0.5) is 0 Å². The van der Waals surface area contributed by atoms with Gasteiger partial charge in [0, 0.05) is 9.75 Å². The second-order valence-corrected chi connectivity index (χ2v) is 7.17. The molecule has 0 aliphatic carbocycles. The molecular formula is C10H15NO4S2. The highest BCUT2D eigenvalue weighted by Crippen LogP contribution is 2.23. The topological polar surface area (TPSA) is 83.5 Å². The Morgan fingerprint density at radius 2 is 2.00 bits per heavy atom. The highest BCUT2D eigenvalue weighted by atomic mass is 32.2. The maximum Gasteiger partial charge on any atom is 0.323 e. The summed E-state index contributed by atoms with van der Waals surface area (Å²) < 4.78 is 25.7. The Morgan fingerprint density at radius 1 is 1.41 bits per heavy atom. The van der Waals surface area contributed by atoms with E-state index in [-0.39, 0.29) is 0 Å². The third kappa shape index (κ3) is 3.52. The average molecular weight is 277 g/mol. The highest BCUT2D eigenvalue weighted by molar-refractivity contribution is 7.90. The third-order valence-electron chi connectivity index (χ3n) is 2.34. The first-order chi connectivity index (χ1) is 7.74. The number of thiophene rings is 1. The van der Waals surface area contributed by atoms with Gasteiger partial charge in [-0.25, -0.2) is 13.1 Å². The molecule has 0 aromatic carbocycles. The van der Waals surface area contributed by atoms with Crippen LogP contribution in [0.1, 0.15) is 29.6 Å². The summed E-state index contributed by atoms with van der Waals surface area (Å²) >= 11 is 1.48. The van der Waals surface area contributed by atoms with Crippen LogP contribution in [-0.4, -0.2) is 24.7 Å². The van der Waals surface area contributed by atoms with Crippen LogP contribution in [0.15, 0.2) is 12.1 Å². The van der Waals surface area contributed by atoms with E-state index < -0.39 is 27.3 Å². The Morgan fingerprint density at radius 3 is 2.41 bits per heavy atom. The van der Waals surface area contributed by atoms with Crippen molar-refractivity contribution < 1.29 is 18.3 Å². The molecule has 0 aliphatic heterocycles. The largest absolute Gasteiger partial charge is 0.480 e. The summed E-state index contributed by atoms with van der Waals surface area (Å²) in [5.74, 6) is -1.35. The molecule has 1 aromatic rings. The number of rotatable bonds is 5. The van der Waals surface area contributed by atoms with Crippen molar-refractivity contribution in [3.05, 3.63) is 21.9 Å². The van der Waals surface area contributed by atoms with E-state index in [9.17, 15) is 13.2 Å². The fourth-order valence-electron chi connectivity index (χ4n) is 1.23. The second kappa shape index (κ2) is 5.16. The summed E-state index contributed by atoms with van der Waals surface area (Å²) in [4.78, 5) is 12.6. The van der Waals surface area contributed by atoms with Crippen molar-refractivity contribution in [2.24, 2.45) is 0 Å². The Hall–Kier alpha value is -0.920. The van der Waals surface area contributed by atoms with Crippen LogP contribution < -0.4 is 4.72 Å². The molecule has 0 saturated carbocycles. The summed E-state index contributed by atoms with van der Waals surface area (Å²) in [5, 5.41) is 7.24. The lowest BCUT2D eigenvalue weighted by Gasteiger charge is -2.15. The first-order valence-corrected chi connectivity index (χ1v) is 7.40. The van der Waals surface area contributed by atoms with E-state index in [0.29, 0.717) is 0 Å². The summed E-state index contributed by atoms with van der Waals surface area (Å²) in [6.07, 6.45) is 0. The van der Waals surface area contributed by atoms with Crippen molar-refractivity contribution >= 4 is 27.3 Å². The van der Waals surface area contributed by atoms with Gasteiger partial charge in [0.2, 0.25) is 10.0 Å². The molecule has 1 rings (SSSR count). The zero-order valence-corrected chi connectivity index (χ0v) is 11.4. The van der Waals surface area contributed by atoms with Crippen LogP contribution >= 0.6 is 11.3 Å². The number of carbonyl (C=O) groups is 1. The van der Waals surface area contributed by atoms with Gasteiger partial charge in [0.15, 0.2) is 5.25 Å². The molecule has 7 heteroatoms. The first kappa shape index (κ1) is 14.1. The molecule has 2 atom stereocenters. The number of hydrogen-bond acceptors (Lipinski definition) is 4. The van der Waals surface area contributed by atoms with Crippen LogP contribution in [0.5, 0.6) is 0 Å². The zero-order valence-electron chi connectivity index (χ0n) is 9.80. The predicted molar refractivity (Wildman–Crippen MR) is 66.6 cm³/mol. The molecule has 5 nitrogen and oxygen atoms in total. The van der Waals surface area contributed by atoms with Gasteiger partial charge in [0.05, 0.1) is 6.04 Å². The second-order valence-electron chi connectivity index (χ2n) is 3.81. The number of carboxylic acid groups (broad SMARTS) is 1. The number of sulfonamides is 1. The van der Waals surface area contributed by atoms with Crippen molar-refractivity contribution in [2.75, 3.05) is 0 Å². The lowest BCUT2D eigenvalue weighted by Crippen LogP contribution is -2.38. The SMILES string of the molecule is Cc1ccc(C(C)NS(=O)(=O)C(C)C(=O)O)s1. The Balaban J connectivity index is 2.81. The lowest BCUT2D eigenvalue weighted by molar-refractivity contribution is -0.136. The van der Waals surface area contributed by atoms with Gasteiger partial charge in [0.25, 0.3) is 0 Å². The fraction of sp³-hybridized carbons (Fsp3) is 0.500. The van der Waals surface area contributed by atoms with Crippen molar-refractivity contribution in [1.29, 1.82) is 0 Å². The summed E-state index contributed by atoms with van der Waals surface area (Å²) in [6, 6.07) is 3.31. The van der Waals surface area contributed by atoms with Gasteiger partial charge < -0.3 is 5.11 Å². The molecule has 0 bridgehead atoms. The molecule has 0 fully saturated rings. The van der Waals surface area contributed by atoms with E-state index in [1.54, 1.807) is 6.92 Å². The molecule has 0 spiro atoms. The van der Waals surface area contributed by atoms with Gasteiger partial charge in [-0.2, -0.15) is 0 Å². The van der Waals surface area contributed by atoms with Crippen LogP contribution in [0, 0.1) is 6.92 Å². The molecule has 0 amide bonds. The molecule has 17 heavy (non-hydrogen) atoms. The van der Waals surface area contributed by atoms with E-state index in [1.165, 1.54) is 11.3 Å². The Kier molecular flexibility index (Phi) is 4.29. The molecule has 1 heterocycles. The van der Waals surface area contributed by atoms with Gasteiger partial charge in [-0.05, 0) is 32.9 Å². The molecule has 96 valence electrons. The van der Waals surface area contributed by atoms with Crippen LogP contribution in [0.2, 0.25) is 0 Å². The number of nitrogens with one attached hydrogen (secondary N) is 1. The maximum absolute atomic E-state index is 11.7. The standard InChI is InChI=1S/C10H15NO4S2/c1-6-4-5-9(16-6)7(2)11-17(14,15)8(3)10(12)13/h4-5,7-8,11H,1-3H3,(H,12,13). The van der Waals surface area contributed by atoms with E-state index in [0.717, 1.165) is 16.7 Å². The molecule has 0 radical (unpaired) electrons. The van der Waals surface area contributed by atoms with Gasteiger partial charge in [-0.1, -0.05) is 0 Å². The third-order valence-corrected chi connectivity index (χ3v) is 5.34. The minimum Gasteiger partial charge on any atom is -0.480 e. The van der Waals surface area contributed by atoms with Gasteiger partial charge in [0.1, 0.15) is 0 Å². The quantitative estimate of drug-likeness (QED) is 0.854. The summed E-state index contributed by atoms with van der Waals surface area (Å²) in [6.45, 7) is 4.77. The zero-order chi connectivity index (χ0) is 13.2. The van der Waals surface area contributed by atoms with Crippen LogP contribution in [-0.2, 0) is 14.8 Å². The number of aryl methyl sites for hydroxylation is 1. The fourth-order valence-corrected chi connectivity index (χ4v) is 3.27. The number of aliphatic carboxylic acids is 1. The average Bonchev–Trinajstić information content (AvgIpc) is 2.63. The maximum atomic E-state index is 11.7. The van der Waals surface area contributed by atoms with E-state index in [4.69, 9.17) is 5.11 Å². The van der Waals surface area contributed by atoms with Crippen molar-refractivity contribution in [1.82, 2.24) is 4.72 Å². The van der Waals surface area contributed by atoms with Crippen molar-refractivity contribution in [3.8, 4) is 0 Å². The van der Waals surface area contributed by atoms with Crippen molar-refractivity contribution in [2.45, 2.75) is 32.1 Å². The summed E-state index contributed by atoms with van der Waals surface area (Å²) in [5.41, 5.74) is 0. The predicted octanol–water partition coefficient (Wildman–Crippen LogP) is 1.51. The molecule has 0 aliphatic rings. The Labute approximate surface area is 105 Å². The van der Waals surface area contributed by atoms with Crippen LogP contribution in [0.3, 0.4) is 0 Å². The normalized spacial score (nSPS) is 15.5. The van der Waals surface area contributed by atoms with Gasteiger partial charge in [-0.15, -0.1) is 11.3 Å². The van der Waals surface area contributed by atoms with Gasteiger partial charge >= 0.3 is 5.97 Å². The van der Waals surface area contributed by atoms with E-state index in [2.05, 4.69) is 4.72 Å². The van der Waals surface area contributed by atoms with Gasteiger partial charge in [-0.3, -0.25) is 4.79 Å². The summed E-state index contributed by atoms with van der Waals surface area (Å²) in [7, 11) is -3.84. The monoisotopic (exact) mass is 277 g/mol. The highest BCUT2D eigenvalue weighted by Gasteiger charge is 2.29. The van der Waals surface area contributed by atoms with Crippen molar-refractivity contribution in [3.63, 3.8) is 0 Å². The number of hydrogen-bond donors (Lipinski definition) is 2. The smallest absolute Gasteiger partial charge is 0.323 e. The molecule has 2 N–H and O–H groups in total. The minimum atomic E-state index is -3.84. The number of carboxylic acids is 1. The lowest BCUT2D eigenvalue weighted by atomic mass is 10.3.